The lowest BCUT2D eigenvalue weighted by atomic mass is 10.0. The highest BCUT2D eigenvalue weighted by atomic mass is 16.5. The van der Waals surface area contributed by atoms with Crippen LogP contribution >= 0.6 is 0 Å². The number of likely N-dealkylation sites (tertiary alicyclic amines) is 1. The number of ether oxygens (including phenoxy) is 2. The SMILES string of the molecule is CCOCc1ccc(CC(=O)N2C[C@@H]3C[C@@H](C)O[C@@H]3C2)cc1. The molecule has 0 saturated carbocycles. The highest BCUT2D eigenvalue weighted by Crippen LogP contribution is 2.32. The lowest BCUT2D eigenvalue weighted by Crippen LogP contribution is -2.32. The summed E-state index contributed by atoms with van der Waals surface area (Å²) in [5, 5.41) is 0. The van der Waals surface area contributed by atoms with Crippen LogP contribution in [0.5, 0.6) is 0 Å². The first-order valence-electron chi connectivity index (χ1n) is 8.24. The van der Waals surface area contributed by atoms with Crippen LogP contribution in [0.1, 0.15) is 31.4 Å². The van der Waals surface area contributed by atoms with Gasteiger partial charge in [0, 0.05) is 25.6 Å². The molecule has 0 N–H and O–H groups in total. The maximum atomic E-state index is 12.4. The molecule has 3 atom stereocenters. The summed E-state index contributed by atoms with van der Waals surface area (Å²) in [5.41, 5.74) is 2.22. The number of hydrogen-bond donors (Lipinski definition) is 0. The van der Waals surface area contributed by atoms with Crippen LogP contribution in [-0.2, 0) is 27.3 Å². The molecule has 4 nitrogen and oxygen atoms in total. The van der Waals surface area contributed by atoms with Gasteiger partial charge in [-0.1, -0.05) is 24.3 Å². The minimum atomic E-state index is 0.211. The second kappa shape index (κ2) is 6.80. The average Bonchev–Trinajstić information content (AvgIpc) is 3.04. The zero-order valence-electron chi connectivity index (χ0n) is 13.5. The van der Waals surface area contributed by atoms with Gasteiger partial charge in [-0.2, -0.15) is 0 Å². The van der Waals surface area contributed by atoms with Crippen molar-refractivity contribution in [3.05, 3.63) is 35.4 Å². The molecule has 1 amide bonds. The molecular formula is C18H25NO3. The Bertz CT molecular complexity index is 500. The third-order valence-corrected chi connectivity index (χ3v) is 4.63. The Labute approximate surface area is 132 Å². The Morgan fingerprint density at radius 1 is 1.27 bits per heavy atom. The summed E-state index contributed by atoms with van der Waals surface area (Å²) >= 11 is 0. The minimum Gasteiger partial charge on any atom is -0.377 e. The van der Waals surface area contributed by atoms with Crippen molar-refractivity contribution >= 4 is 5.91 Å². The van der Waals surface area contributed by atoms with Crippen LogP contribution in [0.15, 0.2) is 24.3 Å². The van der Waals surface area contributed by atoms with Gasteiger partial charge in [-0.15, -0.1) is 0 Å². The molecule has 2 aliphatic heterocycles. The van der Waals surface area contributed by atoms with Gasteiger partial charge in [-0.25, -0.2) is 0 Å². The Balaban J connectivity index is 1.52. The molecular weight excluding hydrogens is 278 g/mol. The Hall–Kier alpha value is -1.39. The van der Waals surface area contributed by atoms with E-state index in [1.54, 1.807) is 0 Å². The number of carbonyl (C=O) groups is 1. The first-order valence-corrected chi connectivity index (χ1v) is 8.24. The zero-order valence-corrected chi connectivity index (χ0v) is 13.5. The van der Waals surface area contributed by atoms with Crippen LogP contribution in [0.25, 0.3) is 0 Å². The van der Waals surface area contributed by atoms with E-state index in [1.807, 2.05) is 36.1 Å². The van der Waals surface area contributed by atoms with Crippen molar-refractivity contribution in [2.24, 2.45) is 5.92 Å². The van der Waals surface area contributed by atoms with Gasteiger partial charge in [0.05, 0.1) is 25.2 Å². The number of fused-ring (bicyclic) bond motifs is 1. The molecule has 0 spiro atoms. The molecule has 1 aromatic carbocycles. The predicted molar refractivity (Wildman–Crippen MR) is 84.5 cm³/mol. The summed E-state index contributed by atoms with van der Waals surface area (Å²) in [6, 6.07) is 8.15. The van der Waals surface area contributed by atoms with Gasteiger partial charge in [0.1, 0.15) is 0 Å². The largest absolute Gasteiger partial charge is 0.377 e. The highest BCUT2D eigenvalue weighted by Gasteiger charge is 2.41. The predicted octanol–water partition coefficient (Wildman–Crippen LogP) is 2.40. The topological polar surface area (TPSA) is 38.8 Å². The quantitative estimate of drug-likeness (QED) is 0.838. The standard InChI is InChI=1S/C18H25NO3/c1-3-21-12-15-6-4-14(5-7-15)9-18(20)19-10-16-8-13(2)22-17(16)11-19/h4-7,13,16-17H,3,8-12H2,1-2H3/t13-,16+,17-/m1/s1. The normalized spacial score (nSPS) is 27.2. The first-order chi connectivity index (χ1) is 10.7. The minimum absolute atomic E-state index is 0.211. The third kappa shape index (κ3) is 3.50. The van der Waals surface area contributed by atoms with Crippen LogP contribution < -0.4 is 0 Å². The van der Waals surface area contributed by atoms with Gasteiger partial charge >= 0.3 is 0 Å². The molecule has 22 heavy (non-hydrogen) atoms. The van der Waals surface area contributed by atoms with E-state index < -0.39 is 0 Å². The maximum Gasteiger partial charge on any atom is 0.227 e. The van der Waals surface area contributed by atoms with Gasteiger partial charge < -0.3 is 14.4 Å². The van der Waals surface area contributed by atoms with Crippen molar-refractivity contribution in [2.45, 2.75) is 45.5 Å². The summed E-state index contributed by atoms with van der Waals surface area (Å²) in [6.45, 7) is 7.08. The van der Waals surface area contributed by atoms with Gasteiger partial charge in [0.2, 0.25) is 5.91 Å². The lowest BCUT2D eigenvalue weighted by molar-refractivity contribution is -0.130. The van der Waals surface area contributed by atoms with Gasteiger partial charge in [0.25, 0.3) is 0 Å². The van der Waals surface area contributed by atoms with Crippen LogP contribution in [0.4, 0.5) is 0 Å². The molecule has 0 aliphatic carbocycles. The molecule has 0 bridgehead atoms. The van der Waals surface area contributed by atoms with E-state index in [1.165, 1.54) is 0 Å². The molecule has 0 aromatic heterocycles. The Kier molecular flexibility index (Phi) is 4.79. The molecule has 2 fully saturated rings. The van der Waals surface area contributed by atoms with Gasteiger partial charge in [-0.3, -0.25) is 4.79 Å². The van der Waals surface area contributed by atoms with E-state index >= 15 is 0 Å². The van der Waals surface area contributed by atoms with Crippen molar-refractivity contribution in [3.8, 4) is 0 Å². The van der Waals surface area contributed by atoms with E-state index in [0.717, 1.165) is 37.2 Å². The molecule has 0 unspecified atom stereocenters. The van der Waals surface area contributed by atoms with E-state index in [2.05, 4.69) is 6.92 Å². The fourth-order valence-corrected chi connectivity index (χ4v) is 3.47. The van der Waals surface area contributed by atoms with Crippen molar-refractivity contribution in [1.29, 1.82) is 0 Å². The highest BCUT2D eigenvalue weighted by molar-refractivity contribution is 5.79. The van der Waals surface area contributed by atoms with Gasteiger partial charge in [0.15, 0.2) is 0 Å². The van der Waals surface area contributed by atoms with Crippen LogP contribution in [0.3, 0.4) is 0 Å². The van der Waals surface area contributed by atoms with E-state index in [9.17, 15) is 4.79 Å². The molecule has 4 heteroatoms. The van der Waals surface area contributed by atoms with Crippen molar-refractivity contribution < 1.29 is 14.3 Å². The fraction of sp³-hybridized carbons (Fsp3) is 0.611. The number of amides is 1. The summed E-state index contributed by atoms with van der Waals surface area (Å²) < 4.78 is 11.2. The molecule has 0 radical (unpaired) electrons. The van der Waals surface area contributed by atoms with Gasteiger partial charge in [-0.05, 0) is 31.4 Å². The molecule has 2 aliphatic rings. The number of rotatable bonds is 5. The van der Waals surface area contributed by atoms with Crippen molar-refractivity contribution in [2.75, 3.05) is 19.7 Å². The number of nitrogens with zero attached hydrogens (tertiary/aromatic N) is 1. The second-order valence-corrected chi connectivity index (χ2v) is 6.41. The molecule has 120 valence electrons. The summed E-state index contributed by atoms with van der Waals surface area (Å²) in [7, 11) is 0. The lowest BCUT2D eigenvalue weighted by Gasteiger charge is -2.18. The van der Waals surface area contributed by atoms with E-state index in [4.69, 9.17) is 9.47 Å². The molecule has 3 rings (SSSR count). The van der Waals surface area contributed by atoms with Crippen molar-refractivity contribution in [3.63, 3.8) is 0 Å². The number of carbonyl (C=O) groups excluding carboxylic acids is 1. The Morgan fingerprint density at radius 2 is 2.00 bits per heavy atom. The van der Waals surface area contributed by atoms with Crippen molar-refractivity contribution in [1.82, 2.24) is 4.90 Å². The third-order valence-electron chi connectivity index (χ3n) is 4.63. The summed E-state index contributed by atoms with van der Waals surface area (Å²) in [5.74, 6) is 0.746. The number of hydrogen-bond acceptors (Lipinski definition) is 3. The average molecular weight is 303 g/mol. The maximum absolute atomic E-state index is 12.4. The van der Waals surface area contributed by atoms with E-state index in [-0.39, 0.29) is 12.0 Å². The Morgan fingerprint density at radius 3 is 2.68 bits per heavy atom. The molecule has 1 aromatic rings. The number of benzene rings is 1. The smallest absolute Gasteiger partial charge is 0.227 e. The molecule has 2 heterocycles. The fourth-order valence-electron chi connectivity index (χ4n) is 3.47. The monoisotopic (exact) mass is 303 g/mol. The summed E-state index contributed by atoms with van der Waals surface area (Å²) in [6.07, 6.45) is 2.17. The first kappa shape index (κ1) is 15.5. The summed E-state index contributed by atoms with van der Waals surface area (Å²) in [4.78, 5) is 14.4. The van der Waals surface area contributed by atoms with Crippen LogP contribution in [0, 0.1) is 5.92 Å². The van der Waals surface area contributed by atoms with Crippen LogP contribution in [-0.4, -0.2) is 42.7 Å². The van der Waals surface area contributed by atoms with E-state index in [0.29, 0.717) is 25.0 Å². The second-order valence-electron chi connectivity index (χ2n) is 6.41. The van der Waals surface area contributed by atoms with Crippen LogP contribution in [0.2, 0.25) is 0 Å². The zero-order chi connectivity index (χ0) is 15.5. The molecule has 2 saturated heterocycles.